The number of para-hydroxylation sites is 1. The molecule has 172 valence electrons. The minimum atomic E-state index is -0.347. The Hall–Kier alpha value is -3.32. The first-order chi connectivity index (χ1) is 16.2. The smallest absolute Gasteiger partial charge is 0.273 e. The molecule has 3 heterocycles. The number of hydrogen-bond acceptors (Lipinski definition) is 5. The van der Waals surface area contributed by atoms with Gasteiger partial charge in [-0.1, -0.05) is 37.6 Å². The van der Waals surface area contributed by atoms with Crippen molar-refractivity contribution in [3.05, 3.63) is 65.4 Å². The predicted molar refractivity (Wildman–Crippen MR) is 124 cm³/mol. The zero-order chi connectivity index (χ0) is 22.8. The highest BCUT2D eigenvalue weighted by molar-refractivity contribution is 6.00. The number of rotatable bonds is 8. The number of ether oxygens (including phenoxy) is 2. The fourth-order valence-corrected chi connectivity index (χ4v) is 4.73. The van der Waals surface area contributed by atoms with E-state index in [9.17, 15) is 9.90 Å². The zero-order valence-corrected chi connectivity index (χ0v) is 18.8. The van der Waals surface area contributed by atoms with Crippen LogP contribution in [-0.2, 0) is 4.74 Å². The molecule has 0 bridgehead atoms. The fourth-order valence-electron chi connectivity index (χ4n) is 4.73. The molecule has 3 aromatic rings. The number of nitrogens with zero attached hydrogens (tertiary/aromatic N) is 2. The normalized spacial score (nSPS) is 19.8. The van der Waals surface area contributed by atoms with Crippen molar-refractivity contribution in [3.8, 4) is 22.8 Å². The number of aromatic hydroxyl groups is 1. The number of aromatic amines is 1. The molecule has 7 nitrogen and oxygen atoms in total. The molecular formula is C26H29N3O4. The lowest BCUT2D eigenvalue weighted by Crippen LogP contribution is -2.36. The molecule has 2 aromatic carbocycles. The molecule has 2 aliphatic rings. The maximum atomic E-state index is 13.5. The van der Waals surface area contributed by atoms with Gasteiger partial charge in [0.05, 0.1) is 18.8 Å². The van der Waals surface area contributed by atoms with Crippen molar-refractivity contribution in [2.75, 3.05) is 19.8 Å². The van der Waals surface area contributed by atoms with Crippen LogP contribution in [-0.4, -0.2) is 52.0 Å². The van der Waals surface area contributed by atoms with E-state index in [1.165, 1.54) is 0 Å². The van der Waals surface area contributed by atoms with Gasteiger partial charge in [-0.05, 0) is 49.1 Å². The molecule has 0 radical (unpaired) electrons. The fraction of sp³-hybridized carbons (Fsp3) is 0.385. The van der Waals surface area contributed by atoms with E-state index < -0.39 is 0 Å². The average Bonchev–Trinajstić information content (AvgIpc) is 3.54. The summed E-state index contributed by atoms with van der Waals surface area (Å²) in [4.78, 5) is 15.4. The molecule has 0 aliphatic carbocycles. The monoisotopic (exact) mass is 447 g/mol. The van der Waals surface area contributed by atoms with E-state index in [0.29, 0.717) is 30.1 Å². The van der Waals surface area contributed by atoms with Gasteiger partial charge in [-0.2, -0.15) is 5.10 Å². The highest BCUT2D eigenvalue weighted by Crippen LogP contribution is 2.45. The van der Waals surface area contributed by atoms with E-state index >= 15 is 0 Å². The highest BCUT2D eigenvalue weighted by Gasteiger charge is 2.43. The van der Waals surface area contributed by atoms with Crippen LogP contribution in [0.15, 0.2) is 48.5 Å². The van der Waals surface area contributed by atoms with E-state index in [1.807, 2.05) is 41.3 Å². The Bertz CT molecular complexity index is 1140. The number of carbonyl (C=O) groups is 1. The first-order valence-corrected chi connectivity index (χ1v) is 11.7. The Labute approximate surface area is 193 Å². The summed E-state index contributed by atoms with van der Waals surface area (Å²) in [5.41, 5.74) is 3.39. The number of phenolic OH excluding ortho intramolecular Hbond substituents is 1. The largest absolute Gasteiger partial charge is 0.507 e. The SMILES string of the molecule is CCCCOc1cccc([C@H]2c3c(-c4ccccc4O)n[nH]c3C(=O)N2C[C@H]2CCCO2)c1. The second kappa shape index (κ2) is 9.27. The van der Waals surface area contributed by atoms with Crippen LogP contribution in [0.1, 0.15) is 60.3 Å². The maximum Gasteiger partial charge on any atom is 0.273 e. The zero-order valence-electron chi connectivity index (χ0n) is 18.8. The van der Waals surface area contributed by atoms with Gasteiger partial charge < -0.3 is 19.5 Å². The predicted octanol–water partition coefficient (Wildman–Crippen LogP) is 4.69. The molecule has 1 amide bonds. The summed E-state index contributed by atoms with van der Waals surface area (Å²) >= 11 is 0. The van der Waals surface area contributed by atoms with Crippen LogP contribution in [0.5, 0.6) is 11.5 Å². The van der Waals surface area contributed by atoms with E-state index in [2.05, 4.69) is 17.1 Å². The van der Waals surface area contributed by atoms with Gasteiger partial charge in [0.15, 0.2) is 0 Å². The van der Waals surface area contributed by atoms with Crippen LogP contribution in [0.4, 0.5) is 0 Å². The molecule has 0 unspecified atom stereocenters. The summed E-state index contributed by atoms with van der Waals surface area (Å²) in [6.45, 7) is 4.03. The standard InChI is InChI=1S/C26H29N3O4/c1-2-3-13-32-18-9-6-8-17(15-18)25-22-23(20-11-4-5-12-21(20)30)27-28-24(22)26(31)29(25)16-19-10-7-14-33-19/h4-6,8-9,11-12,15,19,25,30H,2-3,7,10,13-14,16H2,1H3,(H,27,28)/t19-,25+/m1/s1. The molecule has 33 heavy (non-hydrogen) atoms. The maximum absolute atomic E-state index is 13.5. The van der Waals surface area contributed by atoms with E-state index in [-0.39, 0.29) is 23.8 Å². The van der Waals surface area contributed by atoms with Gasteiger partial charge in [0.2, 0.25) is 0 Å². The van der Waals surface area contributed by atoms with Gasteiger partial charge >= 0.3 is 0 Å². The van der Waals surface area contributed by atoms with E-state index in [1.54, 1.807) is 12.1 Å². The molecule has 0 spiro atoms. The van der Waals surface area contributed by atoms with Crippen LogP contribution < -0.4 is 4.74 Å². The molecule has 7 heteroatoms. The van der Waals surface area contributed by atoms with Crippen LogP contribution in [0, 0.1) is 0 Å². The van der Waals surface area contributed by atoms with Crippen molar-refractivity contribution >= 4 is 5.91 Å². The number of unbranched alkanes of at least 4 members (excludes halogenated alkanes) is 1. The summed E-state index contributed by atoms with van der Waals surface area (Å²) in [6, 6.07) is 14.7. The van der Waals surface area contributed by atoms with Crippen molar-refractivity contribution in [2.24, 2.45) is 0 Å². The van der Waals surface area contributed by atoms with Gasteiger partial charge in [-0.3, -0.25) is 9.89 Å². The summed E-state index contributed by atoms with van der Waals surface area (Å²) in [6.07, 6.45) is 4.02. The lowest BCUT2D eigenvalue weighted by atomic mass is 9.95. The second-order valence-electron chi connectivity index (χ2n) is 8.65. The summed E-state index contributed by atoms with van der Waals surface area (Å²) in [5.74, 6) is 0.815. The number of phenols is 1. The number of amides is 1. The van der Waals surface area contributed by atoms with Crippen LogP contribution in [0.3, 0.4) is 0 Å². The highest BCUT2D eigenvalue weighted by atomic mass is 16.5. The van der Waals surface area contributed by atoms with Gasteiger partial charge in [-0.15, -0.1) is 0 Å². The van der Waals surface area contributed by atoms with Crippen LogP contribution in [0.2, 0.25) is 0 Å². The lowest BCUT2D eigenvalue weighted by Gasteiger charge is -2.28. The number of H-pyrrole nitrogens is 1. The van der Waals surface area contributed by atoms with Gasteiger partial charge in [0, 0.05) is 24.3 Å². The summed E-state index contributed by atoms with van der Waals surface area (Å²) in [5, 5.41) is 17.9. The van der Waals surface area contributed by atoms with Crippen molar-refractivity contribution < 1.29 is 19.4 Å². The number of fused-ring (bicyclic) bond motifs is 1. The molecule has 1 aromatic heterocycles. The van der Waals surface area contributed by atoms with E-state index in [0.717, 1.165) is 49.2 Å². The molecule has 1 fully saturated rings. The molecular weight excluding hydrogens is 418 g/mol. The Morgan fingerprint density at radius 1 is 1.24 bits per heavy atom. The number of nitrogens with one attached hydrogen (secondary N) is 1. The minimum Gasteiger partial charge on any atom is -0.507 e. The molecule has 5 rings (SSSR count). The third-order valence-corrected chi connectivity index (χ3v) is 6.39. The quantitative estimate of drug-likeness (QED) is 0.490. The van der Waals surface area contributed by atoms with Gasteiger partial charge in [-0.25, -0.2) is 0 Å². The molecule has 2 N–H and O–H groups in total. The van der Waals surface area contributed by atoms with Crippen molar-refractivity contribution in [1.29, 1.82) is 0 Å². The van der Waals surface area contributed by atoms with Crippen molar-refractivity contribution in [3.63, 3.8) is 0 Å². The Balaban J connectivity index is 1.57. The third kappa shape index (κ3) is 4.09. The van der Waals surface area contributed by atoms with Gasteiger partial charge in [0.1, 0.15) is 22.9 Å². The Kier molecular flexibility index (Phi) is 6.05. The number of hydrogen-bond donors (Lipinski definition) is 2. The molecule has 1 saturated heterocycles. The van der Waals surface area contributed by atoms with E-state index in [4.69, 9.17) is 9.47 Å². The number of aromatic nitrogens is 2. The third-order valence-electron chi connectivity index (χ3n) is 6.39. The Morgan fingerprint density at radius 2 is 2.12 bits per heavy atom. The van der Waals surface area contributed by atoms with Gasteiger partial charge in [0.25, 0.3) is 5.91 Å². The minimum absolute atomic E-state index is 0.0194. The topological polar surface area (TPSA) is 87.7 Å². The average molecular weight is 448 g/mol. The second-order valence-corrected chi connectivity index (χ2v) is 8.65. The first-order valence-electron chi connectivity index (χ1n) is 11.7. The Morgan fingerprint density at radius 3 is 2.91 bits per heavy atom. The number of carbonyl (C=O) groups excluding carboxylic acids is 1. The molecule has 2 atom stereocenters. The summed E-state index contributed by atoms with van der Waals surface area (Å²) in [7, 11) is 0. The van der Waals surface area contributed by atoms with Crippen LogP contribution >= 0.6 is 0 Å². The summed E-state index contributed by atoms with van der Waals surface area (Å²) < 4.78 is 11.8. The molecule has 2 aliphatic heterocycles. The molecule has 0 saturated carbocycles. The van der Waals surface area contributed by atoms with Crippen molar-refractivity contribution in [2.45, 2.75) is 44.8 Å². The number of benzene rings is 2. The van der Waals surface area contributed by atoms with Crippen molar-refractivity contribution in [1.82, 2.24) is 15.1 Å². The first kappa shape index (κ1) is 21.5. The van der Waals surface area contributed by atoms with Crippen LogP contribution in [0.25, 0.3) is 11.3 Å². The lowest BCUT2D eigenvalue weighted by molar-refractivity contribution is 0.0495.